The second-order valence-electron chi connectivity index (χ2n) is 9.35. The SMILES string of the molecule is C[C@H]1[C@H](C)CCC[C@@H]1NC(=O)c1ccc2c(=O)n(CCC3=CCCCC3)c(=S)[nH]c2c1. The van der Waals surface area contributed by atoms with E-state index in [1.54, 1.807) is 22.8 Å². The van der Waals surface area contributed by atoms with Crippen LogP contribution in [0.15, 0.2) is 34.6 Å². The highest BCUT2D eigenvalue weighted by Gasteiger charge is 2.28. The molecule has 4 rings (SSSR count). The number of nitrogens with one attached hydrogen (secondary N) is 2. The van der Waals surface area contributed by atoms with Gasteiger partial charge in [0.25, 0.3) is 11.5 Å². The van der Waals surface area contributed by atoms with Crippen molar-refractivity contribution in [1.29, 1.82) is 0 Å². The predicted octanol–water partition coefficient (Wildman–Crippen LogP) is 5.50. The van der Waals surface area contributed by atoms with Crippen LogP contribution in [0, 0.1) is 16.6 Å². The Hall–Kier alpha value is -2.21. The van der Waals surface area contributed by atoms with Gasteiger partial charge in [0.05, 0.1) is 10.9 Å². The molecule has 31 heavy (non-hydrogen) atoms. The van der Waals surface area contributed by atoms with Crippen LogP contribution in [0.3, 0.4) is 0 Å². The second-order valence-corrected chi connectivity index (χ2v) is 9.74. The molecule has 0 bridgehead atoms. The van der Waals surface area contributed by atoms with Crippen LogP contribution < -0.4 is 10.9 Å². The minimum absolute atomic E-state index is 0.0828. The summed E-state index contributed by atoms with van der Waals surface area (Å²) in [5, 5.41) is 3.78. The third kappa shape index (κ3) is 4.84. The van der Waals surface area contributed by atoms with E-state index < -0.39 is 0 Å². The second kappa shape index (κ2) is 9.51. The summed E-state index contributed by atoms with van der Waals surface area (Å²) in [5.74, 6) is 1.01. The van der Waals surface area contributed by atoms with Crippen molar-refractivity contribution in [1.82, 2.24) is 14.9 Å². The molecule has 1 heterocycles. The van der Waals surface area contributed by atoms with E-state index in [0.29, 0.717) is 39.6 Å². The number of benzene rings is 1. The van der Waals surface area contributed by atoms with Gasteiger partial charge in [-0.3, -0.25) is 14.2 Å². The fourth-order valence-electron chi connectivity index (χ4n) is 5.02. The number of amides is 1. The number of carbonyl (C=O) groups is 1. The summed E-state index contributed by atoms with van der Waals surface area (Å²) in [6.07, 6.45) is 11.3. The first-order valence-corrected chi connectivity index (χ1v) is 12.1. The van der Waals surface area contributed by atoms with Gasteiger partial charge in [-0.2, -0.15) is 0 Å². The van der Waals surface area contributed by atoms with Crippen molar-refractivity contribution >= 4 is 29.0 Å². The summed E-state index contributed by atoms with van der Waals surface area (Å²) in [7, 11) is 0. The number of nitrogens with zero attached hydrogens (tertiary/aromatic N) is 1. The lowest BCUT2D eigenvalue weighted by Crippen LogP contribution is -2.43. The Labute approximate surface area is 188 Å². The third-order valence-corrected chi connectivity index (χ3v) is 7.63. The fraction of sp³-hybridized carbons (Fsp3) is 0.560. The molecule has 5 nitrogen and oxygen atoms in total. The molecule has 0 aliphatic heterocycles. The molecule has 2 aliphatic carbocycles. The fourth-order valence-corrected chi connectivity index (χ4v) is 5.31. The van der Waals surface area contributed by atoms with Gasteiger partial charge in [0, 0.05) is 18.2 Å². The zero-order chi connectivity index (χ0) is 22.0. The smallest absolute Gasteiger partial charge is 0.262 e. The summed E-state index contributed by atoms with van der Waals surface area (Å²) in [5.41, 5.74) is 2.52. The van der Waals surface area contributed by atoms with E-state index in [4.69, 9.17) is 12.2 Å². The number of rotatable bonds is 5. The van der Waals surface area contributed by atoms with Crippen molar-refractivity contribution in [3.63, 3.8) is 0 Å². The number of hydrogen-bond donors (Lipinski definition) is 2. The van der Waals surface area contributed by atoms with Crippen LogP contribution >= 0.6 is 12.2 Å². The van der Waals surface area contributed by atoms with Crippen LogP contribution in [0.4, 0.5) is 0 Å². The van der Waals surface area contributed by atoms with E-state index in [1.165, 1.54) is 24.8 Å². The standard InChI is InChI=1S/C25H33N3O2S/c1-16-7-6-10-21(17(16)2)26-23(29)19-11-12-20-22(15-19)27-25(31)28(24(20)30)14-13-18-8-4-3-5-9-18/h8,11-12,15-17,21H,3-7,9-10,13-14H2,1-2H3,(H,26,29)(H,27,31)/t16-,17+,21+/m1/s1. The topological polar surface area (TPSA) is 66.9 Å². The molecule has 0 radical (unpaired) electrons. The number of H-pyrrole nitrogens is 1. The lowest BCUT2D eigenvalue weighted by atomic mass is 9.78. The quantitative estimate of drug-likeness (QED) is 0.477. The molecule has 1 amide bonds. The van der Waals surface area contributed by atoms with Gasteiger partial charge in [-0.25, -0.2) is 0 Å². The Morgan fingerprint density at radius 2 is 2.06 bits per heavy atom. The Morgan fingerprint density at radius 3 is 2.84 bits per heavy atom. The molecule has 1 aromatic heterocycles. The Balaban J connectivity index is 1.54. The molecule has 0 spiro atoms. The molecule has 3 atom stereocenters. The van der Waals surface area contributed by atoms with Gasteiger partial charge in [-0.05, 0) is 80.8 Å². The van der Waals surface area contributed by atoms with Crippen LogP contribution in [0.2, 0.25) is 0 Å². The van der Waals surface area contributed by atoms with E-state index in [0.717, 1.165) is 32.1 Å². The van der Waals surface area contributed by atoms with E-state index >= 15 is 0 Å². The largest absolute Gasteiger partial charge is 0.349 e. The number of carbonyl (C=O) groups excluding carboxylic acids is 1. The minimum Gasteiger partial charge on any atom is -0.349 e. The van der Waals surface area contributed by atoms with Crippen molar-refractivity contribution in [2.45, 2.75) is 77.8 Å². The third-order valence-electron chi connectivity index (χ3n) is 7.31. The molecular formula is C25H33N3O2S. The molecular weight excluding hydrogens is 406 g/mol. The van der Waals surface area contributed by atoms with E-state index in [1.807, 2.05) is 0 Å². The summed E-state index contributed by atoms with van der Waals surface area (Å²) < 4.78 is 2.07. The predicted molar refractivity (Wildman–Crippen MR) is 128 cm³/mol. The number of hydrogen-bond acceptors (Lipinski definition) is 3. The van der Waals surface area contributed by atoms with Crippen LogP contribution in [0.5, 0.6) is 0 Å². The maximum atomic E-state index is 13.1. The molecule has 2 N–H and O–H groups in total. The van der Waals surface area contributed by atoms with E-state index in [-0.39, 0.29) is 17.5 Å². The van der Waals surface area contributed by atoms with Crippen molar-refractivity contribution < 1.29 is 4.79 Å². The Bertz CT molecular complexity index is 1110. The Morgan fingerprint density at radius 1 is 1.23 bits per heavy atom. The monoisotopic (exact) mass is 439 g/mol. The molecule has 1 aromatic carbocycles. The molecule has 6 heteroatoms. The average Bonchev–Trinajstić information content (AvgIpc) is 2.77. The minimum atomic E-state index is -0.0863. The molecule has 1 fully saturated rings. The maximum Gasteiger partial charge on any atom is 0.262 e. The first-order chi connectivity index (χ1) is 14.9. The van der Waals surface area contributed by atoms with Crippen molar-refractivity contribution in [3.05, 3.63) is 50.5 Å². The van der Waals surface area contributed by atoms with Crippen LogP contribution in [-0.2, 0) is 6.54 Å². The van der Waals surface area contributed by atoms with Gasteiger partial charge in [0.1, 0.15) is 0 Å². The summed E-state index contributed by atoms with van der Waals surface area (Å²) in [4.78, 5) is 29.1. The average molecular weight is 440 g/mol. The lowest BCUT2D eigenvalue weighted by Gasteiger charge is -2.34. The summed E-state index contributed by atoms with van der Waals surface area (Å²) in [6.45, 7) is 5.07. The molecule has 0 unspecified atom stereocenters. The summed E-state index contributed by atoms with van der Waals surface area (Å²) in [6, 6.07) is 5.46. The highest BCUT2D eigenvalue weighted by atomic mass is 32.1. The zero-order valence-electron chi connectivity index (χ0n) is 18.6. The number of aromatic nitrogens is 2. The first kappa shape index (κ1) is 22.0. The van der Waals surface area contributed by atoms with Crippen LogP contribution in [0.1, 0.15) is 75.6 Å². The highest BCUT2D eigenvalue weighted by Crippen LogP contribution is 2.29. The van der Waals surface area contributed by atoms with Crippen LogP contribution in [-0.4, -0.2) is 21.5 Å². The Kier molecular flexibility index (Phi) is 6.75. The van der Waals surface area contributed by atoms with Gasteiger partial charge in [0.2, 0.25) is 0 Å². The summed E-state index contributed by atoms with van der Waals surface area (Å²) >= 11 is 5.49. The molecule has 0 saturated heterocycles. The van der Waals surface area contributed by atoms with Gasteiger partial charge in [-0.1, -0.05) is 38.3 Å². The van der Waals surface area contributed by atoms with Crippen LogP contribution in [0.25, 0.3) is 10.9 Å². The highest BCUT2D eigenvalue weighted by molar-refractivity contribution is 7.71. The zero-order valence-corrected chi connectivity index (χ0v) is 19.4. The van der Waals surface area contributed by atoms with Crippen molar-refractivity contribution in [3.8, 4) is 0 Å². The maximum absolute atomic E-state index is 13.1. The van der Waals surface area contributed by atoms with E-state index in [2.05, 4.69) is 30.2 Å². The molecule has 2 aromatic rings. The molecule has 1 saturated carbocycles. The number of allylic oxidation sites excluding steroid dienone is 2. The molecule has 166 valence electrons. The van der Waals surface area contributed by atoms with Crippen molar-refractivity contribution in [2.24, 2.45) is 11.8 Å². The van der Waals surface area contributed by atoms with Gasteiger partial charge >= 0.3 is 0 Å². The lowest BCUT2D eigenvalue weighted by molar-refractivity contribution is 0.0891. The van der Waals surface area contributed by atoms with Gasteiger partial charge < -0.3 is 10.3 Å². The molecule has 2 aliphatic rings. The van der Waals surface area contributed by atoms with Gasteiger partial charge in [0.15, 0.2) is 4.77 Å². The normalized spacial score (nSPS) is 24.1. The number of aromatic amines is 1. The van der Waals surface area contributed by atoms with Gasteiger partial charge in [-0.15, -0.1) is 0 Å². The first-order valence-electron chi connectivity index (χ1n) is 11.7. The van der Waals surface area contributed by atoms with Crippen molar-refractivity contribution in [2.75, 3.05) is 0 Å². The van der Waals surface area contributed by atoms with E-state index in [9.17, 15) is 9.59 Å². The number of fused-ring (bicyclic) bond motifs is 1.